The Morgan fingerprint density at radius 3 is 2.39 bits per heavy atom. The molecule has 1 aliphatic rings. The number of alkyl halides is 2. The van der Waals surface area contributed by atoms with Crippen molar-refractivity contribution < 1.29 is 23.0 Å². The molecular formula is C15H12F2N2O3S. The van der Waals surface area contributed by atoms with Gasteiger partial charge in [-0.3, -0.25) is 0 Å². The van der Waals surface area contributed by atoms with Crippen molar-refractivity contribution in [1.82, 2.24) is 0 Å². The highest BCUT2D eigenvalue weighted by Crippen LogP contribution is 2.34. The summed E-state index contributed by atoms with van der Waals surface area (Å²) in [5.74, 6) is 1.41. The number of thiocarbonyl (C=S) groups is 1. The lowest BCUT2D eigenvalue weighted by atomic mass is 10.3. The number of fused-ring (bicyclic) bond motifs is 1. The first kappa shape index (κ1) is 15.3. The van der Waals surface area contributed by atoms with Gasteiger partial charge in [-0.05, 0) is 48.6 Å². The number of rotatable bonds is 4. The summed E-state index contributed by atoms with van der Waals surface area (Å²) < 4.78 is 38.9. The molecule has 0 radical (unpaired) electrons. The lowest BCUT2D eigenvalue weighted by molar-refractivity contribution is -0.0498. The minimum Gasteiger partial charge on any atom is -0.454 e. The van der Waals surface area contributed by atoms with Crippen LogP contribution in [0.2, 0.25) is 0 Å². The number of nitrogens with one attached hydrogen (secondary N) is 2. The molecule has 23 heavy (non-hydrogen) atoms. The van der Waals surface area contributed by atoms with Crippen molar-refractivity contribution in [2.24, 2.45) is 0 Å². The summed E-state index contributed by atoms with van der Waals surface area (Å²) in [6, 6.07) is 11.4. The van der Waals surface area contributed by atoms with E-state index in [9.17, 15) is 8.78 Å². The minimum absolute atomic E-state index is 0.0835. The molecule has 0 aliphatic carbocycles. The number of anilines is 2. The Balaban J connectivity index is 1.58. The van der Waals surface area contributed by atoms with Crippen LogP contribution in [-0.2, 0) is 0 Å². The maximum Gasteiger partial charge on any atom is 0.387 e. The highest BCUT2D eigenvalue weighted by atomic mass is 32.1. The second-order valence-corrected chi connectivity index (χ2v) is 4.96. The van der Waals surface area contributed by atoms with Gasteiger partial charge in [0.25, 0.3) is 0 Å². The Hall–Kier alpha value is -2.61. The smallest absolute Gasteiger partial charge is 0.387 e. The van der Waals surface area contributed by atoms with Crippen LogP contribution in [0, 0.1) is 0 Å². The average molecular weight is 338 g/mol. The summed E-state index contributed by atoms with van der Waals surface area (Å²) in [6.07, 6.45) is 0. The molecule has 2 aromatic rings. The van der Waals surface area contributed by atoms with Gasteiger partial charge in [0.15, 0.2) is 16.6 Å². The van der Waals surface area contributed by atoms with E-state index >= 15 is 0 Å². The molecule has 2 aromatic carbocycles. The van der Waals surface area contributed by atoms with Crippen LogP contribution in [0.4, 0.5) is 20.2 Å². The molecule has 3 rings (SSSR count). The van der Waals surface area contributed by atoms with E-state index in [-0.39, 0.29) is 12.5 Å². The Labute approximate surface area is 136 Å². The number of halogens is 2. The van der Waals surface area contributed by atoms with Crippen molar-refractivity contribution >= 4 is 28.7 Å². The molecule has 0 saturated carbocycles. The van der Waals surface area contributed by atoms with Crippen molar-refractivity contribution in [3.63, 3.8) is 0 Å². The van der Waals surface area contributed by atoms with E-state index in [4.69, 9.17) is 21.7 Å². The SMILES string of the molecule is FC(F)Oc1ccc(NC(=S)Nc2ccc3c(c2)OCO3)cc1. The molecule has 2 N–H and O–H groups in total. The van der Waals surface area contributed by atoms with Crippen LogP contribution >= 0.6 is 12.2 Å². The average Bonchev–Trinajstić information content (AvgIpc) is 2.96. The van der Waals surface area contributed by atoms with Crippen LogP contribution < -0.4 is 24.8 Å². The Morgan fingerprint density at radius 1 is 1.00 bits per heavy atom. The van der Waals surface area contributed by atoms with Crippen molar-refractivity contribution in [2.75, 3.05) is 17.4 Å². The van der Waals surface area contributed by atoms with Crippen LogP contribution in [-0.4, -0.2) is 18.5 Å². The molecule has 1 aliphatic heterocycles. The Morgan fingerprint density at radius 2 is 1.65 bits per heavy atom. The number of hydrogen-bond acceptors (Lipinski definition) is 4. The Kier molecular flexibility index (Phi) is 4.42. The van der Waals surface area contributed by atoms with Gasteiger partial charge in [-0.1, -0.05) is 0 Å². The van der Waals surface area contributed by atoms with Gasteiger partial charge in [-0.25, -0.2) is 0 Å². The van der Waals surface area contributed by atoms with Crippen LogP contribution in [0.5, 0.6) is 17.2 Å². The normalized spacial score (nSPS) is 12.1. The van der Waals surface area contributed by atoms with E-state index in [1.807, 2.05) is 0 Å². The van der Waals surface area contributed by atoms with E-state index in [0.29, 0.717) is 22.3 Å². The van der Waals surface area contributed by atoms with Crippen LogP contribution in [0.15, 0.2) is 42.5 Å². The zero-order valence-corrected chi connectivity index (χ0v) is 12.5. The zero-order chi connectivity index (χ0) is 16.2. The van der Waals surface area contributed by atoms with Gasteiger partial charge >= 0.3 is 6.61 Å². The van der Waals surface area contributed by atoms with Crippen LogP contribution in [0.1, 0.15) is 0 Å². The summed E-state index contributed by atoms with van der Waals surface area (Å²) in [4.78, 5) is 0. The standard InChI is InChI=1S/C15H12F2N2O3S/c16-14(17)22-11-4-1-9(2-5-11)18-15(23)19-10-3-6-12-13(7-10)21-8-20-12/h1-7,14H,8H2,(H2,18,19,23). The third kappa shape index (κ3) is 3.98. The first-order valence-corrected chi connectivity index (χ1v) is 7.03. The lowest BCUT2D eigenvalue weighted by Gasteiger charge is -2.11. The molecular weight excluding hydrogens is 326 g/mol. The quantitative estimate of drug-likeness (QED) is 0.827. The second kappa shape index (κ2) is 6.66. The van der Waals surface area contributed by atoms with Gasteiger partial charge in [0.05, 0.1) is 0 Å². The van der Waals surface area contributed by atoms with Gasteiger partial charge < -0.3 is 24.8 Å². The first-order valence-electron chi connectivity index (χ1n) is 6.63. The molecule has 0 aromatic heterocycles. The van der Waals surface area contributed by atoms with Gasteiger partial charge in [-0.2, -0.15) is 8.78 Å². The summed E-state index contributed by atoms with van der Waals surface area (Å²) in [6.45, 7) is -2.64. The first-order chi connectivity index (χ1) is 11.1. The van der Waals surface area contributed by atoms with Crippen LogP contribution in [0.25, 0.3) is 0 Å². The van der Waals surface area contributed by atoms with E-state index in [0.717, 1.165) is 5.69 Å². The highest BCUT2D eigenvalue weighted by Gasteiger charge is 2.13. The van der Waals surface area contributed by atoms with Crippen molar-refractivity contribution in [1.29, 1.82) is 0 Å². The molecule has 120 valence electrons. The van der Waals surface area contributed by atoms with Gasteiger partial charge in [0.2, 0.25) is 6.79 Å². The van der Waals surface area contributed by atoms with Crippen molar-refractivity contribution in [2.45, 2.75) is 6.61 Å². The molecule has 1 heterocycles. The van der Waals surface area contributed by atoms with Gasteiger partial charge in [0.1, 0.15) is 5.75 Å². The topological polar surface area (TPSA) is 51.8 Å². The maximum absolute atomic E-state index is 12.1. The molecule has 0 atom stereocenters. The maximum atomic E-state index is 12.1. The number of benzene rings is 2. The predicted molar refractivity (Wildman–Crippen MR) is 85.5 cm³/mol. The summed E-state index contributed by atoms with van der Waals surface area (Å²) in [5.41, 5.74) is 1.38. The van der Waals surface area contributed by atoms with E-state index < -0.39 is 6.61 Å². The molecule has 0 spiro atoms. The molecule has 0 amide bonds. The summed E-state index contributed by atoms with van der Waals surface area (Å²) in [7, 11) is 0. The summed E-state index contributed by atoms with van der Waals surface area (Å²) in [5, 5.41) is 6.30. The van der Waals surface area contributed by atoms with E-state index in [2.05, 4.69) is 15.4 Å². The second-order valence-electron chi connectivity index (χ2n) is 4.55. The van der Waals surface area contributed by atoms with Crippen LogP contribution in [0.3, 0.4) is 0 Å². The fraction of sp³-hybridized carbons (Fsp3) is 0.133. The monoisotopic (exact) mass is 338 g/mol. The van der Waals surface area contributed by atoms with Crippen molar-refractivity contribution in [3.05, 3.63) is 42.5 Å². The molecule has 0 saturated heterocycles. The molecule has 0 fully saturated rings. The Bertz CT molecular complexity index is 710. The van der Waals surface area contributed by atoms with E-state index in [1.165, 1.54) is 12.1 Å². The molecule has 0 bridgehead atoms. The number of hydrogen-bond donors (Lipinski definition) is 2. The zero-order valence-electron chi connectivity index (χ0n) is 11.7. The molecule has 0 unspecified atom stereocenters. The largest absolute Gasteiger partial charge is 0.454 e. The third-order valence-corrected chi connectivity index (χ3v) is 3.17. The predicted octanol–water partition coefficient (Wildman–Crippen LogP) is 3.83. The summed E-state index contributed by atoms with van der Waals surface area (Å²) >= 11 is 5.20. The number of ether oxygens (including phenoxy) is 3. The van der Waals surface area contributed by atoms with E-state index in [1.54, 1.807) is 30.3 Å². The third-order valence-electron chi connectivity index (χ3n) is 2.97. The van der Waals surface area contributed by atoms with Crippen molar-refractivity contribution in [3.8, 4) is 17.2 Å². The lowest BCUT2D eigenvalue weighted by Crippen LogP contribution is -2.18. The highest BCUT2D eigenvalue weighted by molar-refractivity contribution is 7.80. The molecule has 5 nitrogen and oxygen atoms in total. The van der Waals surface area contributed by atoms with Gasteiger partial charge in [-0.15, -0.1) is 0 Å². The van der Waals surface area contributed by atoms with Gasteiger partial charge in [0, 0.05) is 17.4 Å². The fourth-order valence-corrected chi connectivity index (χ4v) is 2.22. The molecule has 8 heteroatoms. The fourth-order valence-electron chi connectivity index (χ4n) is 1.99. The minimum atomic E-state index is -2.84.